The molecule has 0 saturated heterocycles. The molecule has 8 heteroatoms. The summed E-state index contributed by atoms with van der Waals surface area (Å²) in [7, 11) is 0. The number of carboxylic acid groups (broad SMARTS) is 2. The molecule has 14 heavy (non-hydrogen) atoms. The summed E-state index contributed by atoms with van der Waals surface area (Å²) in [6.45, 7) is 0.856. The van der Waals surface area contributed by atoms with Gasteiger partial charge in [-0.25, -0.2) is 0 Å². The van der Waals surface area contributed by atoms with E-state index >= 15 is 0 Å². The van der Waals surface area contributed by atoms with Crippen molar-refractivity contribution >= 4 is 58.0 Å². The van der Waals surface area contributed by atoms with Crippen LogP contribution in [-0.4, -0.2) is 91.1 Å². The third kappa shape index (κ3) is 7.76. The predicted octanol–water partition coefficient (Wildman–Crippen LogP) is -0.686. The van der Waals surface area contributed by atoms with Crippen LogP contribution in [0.5, 0.6) is 0 Å². The molecule has 0 heterocycles. The van der Waals surface area contributed by atoms with Crippen molar-refractivity contribution in [3.05, 3.63) is 0 Å². The number of hydroxylamine groups is 2. The van der Waals surface area contributed by atoms with E-state index in [9.17, 15) is 9.59 Å². The first kappa shape index (κ1) is 19.9. The van der Waals surface area contributed by atoms with Crippen LogP contribution in [0.2, 0.25) is 0 Å². The minimum absolute atomic E-state index is 0. The average Bonchev–Trinajstić information content (AvgIpc) is 1.85. The quantitative estimate of drug-likeness (QED) is 0.427. The molecule has 78 valence electrons. The van der Waals surface area contributed by atoms with Gasteiger partial charge in [-0.3, -0.25) is 9.59 Å². The Morgan fingerprint density at radius 1 is 1.36 bits per heavy atom. The van der Waals surface area contributed by atoms with Crippen molar-refractivity contribution in [3.8, 4) is 0 Å². The summed E-state index contributed by atoms with van der Waals surface area (Å²) < 4.78 is 0. The van der Waals surface area contributed by atoms with Crippen LogP contribution in [-0.2, 0) is 9.59 Å². The molecule has 0 amide bonds. The first-order valence-corrected chi connectivity index (χ1v) is 3.39. The van der Waals surface area contributed by atoms with E-state index in [0.29, 0.717) is 5.06 Å². The van der Waals surface area contributed by atoms with E-state index in [1.807, 2.05) is 0 Å². The maximum Gasteiger partial charge on any atom is 2.00 e. The molecular formula is C6H15Mg2NO5. The summed E-state index contributed by atoms with van der Waals surface area (Å²) in [5, 5.41) is 25.9. The molecule has 1 atom stereocenters. The van der Waals surface area contributed by atoms with Gasteiger partial charge in [0.1, 0.15) is 12.6 Å². The van der Waals surface area contributed by atoms with Crippen LogP contribution in [0.4, 0.5) is 0 Å². The number of carbonyl (C=O) groups is 2. The molecule has 3 N–H and O–H groups in total. The first-order valence-electron chi connectivity index (χ1n) is 3.39. The summed E-state index contributed by atoms with van der Waals surface area (Å²) in [4.78, 5) is 20.4. The van der Waals surface area contributed by atoms with Gasteiger partial charge in [0.25, 0.3) is 0 Å². The topological polar surface area (TPSA) is 98.1 Å². The Morgan fingerprint density at radius 2 is 1.79 bits per heavy atom. The molecule has 0 radical (unpaired) electrons. The van der Waals surface area contributed by atoms with Crippen LogP contribution >= 0.6 is 0 Å². The Hall–Kier alpha value is 0.392. The van der Waals surface area contributed by atoms with E-state index in [0.717, 1.165) is 0 Å². The first-order chi connectivity index (χ1) is 5.49. The van der Waals surface area contributed by atoms with Gasteiger partial charge in [0.05, 0.1) is 0 Å². The molecule has 0 aromatic carbocycles. The molecule has 0 aliphatic carbocycles. The van der Waals surface area contributed by atoms with Crippen molar-refractivity contribution in [1.82, 2.24) is 5.06 Å². The van der Waals surface area contributed by atoms with E-state index in [2.05, 4.69) is 0 Å². The number of aliphatic carboxylic acids is 2. The minimum atomic E-state index is -1.27. The molecule has 1 unspecified atom stereocenters. The van der Waals surface area contributed by atoms with E-state index in [1.54, 1.807) is 6.92 Å². The summed E-state index contributed by atoms with van der Waals surface area (Å²) in [5.41, 5.74) is 0. The monoisotopic (exact) mass is 229 g/mol. The normalized spacial score (nSPS) is 11.1. The van der Waals surface area contributed by atoms with Gasteiger partial charge in [-0.2, -0.15) is 5.06 Å². The van der Waals surface area contributed by atoms with Crippen LogP contribution in [0, 0.1) is 0 Å². The Labute approximate surface area is 119 Å². The summed E-state index contributed by atoms with van der Waals surface area (Å²) in [5.74, 6) is -2.50. The zero-order valence-corrected chi connectivity index (χ0v) is 10.8. The van der Waals surface area contributed by atoms with E-state index in [1.165, 1.54) is 0 Å². The number of nitrogens with zero attached hydrogens (tertiary/aromatic N) is 1. The van der Waals surface area contributed by atoms with Crippen molar-refractivity contribution in [3.63, 3.8) is 0 Å². The minimum Gasteiger partial charge on any atom is -1.00 e. The molecule has 0 spiro atoms. The largest absolute Gasteiger partial charge is 2.00 e. The maximum atomic E-state index is 10.4. The van der Waals surface area contributed by atoms with Gasteiger partial charge in [0.15, 0.2) is 0 Å². The van der Waals surface area contributed by atoms with Crippen LogP contribution in [0.25, 0.3) is 0 Å². The Bertz CT molecular complexity index is 203. The fourth-order valence-electron chi connectivity index (χ4n) is 0.762. The molecule has 0 aromatic heterocycles. The average molecular weight is 230 g/mol. The molecule has 0 saturated carbocycles. The summed E-state index contributed by atoms with van der Waals surface area (Å²) in [6.07, 6.45) is 0.152. The Kier molecular flexibility index (Phi) is 14.1. The van der Waals surface area contributed by atoms with E-state index in [-0.39, 0.29) is 58.2 Å². The standard InChI is InChI=1S/C6H11NO5.2Mg.4H/c1-2-4(6(10)11)7(12)3-5(8)9;;;;;;/h4,12H,2-3H2,1H3,(H,8,9)(H,10,11);;;;;;/q;2*+2;4*-1. The maximum absolute atomic E-state index is 10.4. The van der Waals surface area contributed by atoms with Gasteiger partial charge >= 0.3 is 58.0 Å². The molecule has 0 aliphatic rings. The second kappa shape index (κ2) is 9.93. The van der Waals surface area contributed by atoms with Crippen LogP contribution < -0.4 is 0 Å². The van der Waals surface area contributed by atoms with Crippen LogP contribution in [0.3, 0.4) is 0 Å². The third-order valence-corrected chi connectivity index (χ3v) is 1.33. The van der Waals surface area contributed by atoms with Crippen LogP contribution in [0.15, 0.2) is 0 Å². The van der Waals surface area contributed by atoms with Crippen molar-refractivity contribution in [2.24, 2.45) is 0 Å². The van der Waals surface area contributed by atoms with Crippen molar-refractivity contribution in [2.45, 2.75) is 19.4 Å². The fraction of sp³-hybridized carbons (Fsp3) is 0.667. The fourth-order valence-corrected chi connectivity index (χ4v) is 0.762. The van der Waals surface area contributed by atoms with Crippen molar-refractivity contribution < 1.29 is 30.7 Å². The second-order valence-electron chi connectivity index (χ2n) is 2.25. The molecular weight excluding hydrogens is 215 g/mol. The summed E-state index contributed by atoms with van der Waals surface area (Å²) in [6, 6.07) is -1.15. The van der Waals surface area contributed by atoms with Gasteiger partial charge < -0.3 is 21.1 Å². The molecule has 0 rings (SSSR count). The number of rotatable bonds is 5. The molecule has 0 bridgehead atoms. The smallest absolute Gasteiger partial charge is 1.00 e. The van der Waals surface area contributed by atoms with Gasteiger partial charge in [0.2, 0.25) is 0 Å². The van der Waals surface area contributed by atoms with Gasteiger partial charge in [-0.1, -0.05) is 6.92 Å². The Morgan fingerprint density at radius 3 is 2.00 bits per heavy atom. The molecule has 0 aliphatic heterocycles. The number of hydrogen-bond donors (Lipinski definition) is 3. The Balaban J connectivity index is -0.0000000403. The zero-order valence-electron chi connectivity index (χ0n) is 12.0. The SMILES string of the molecule is CCC(C(=O)O)N(O)CC(=O)O.[H-].[H-].[H-].[H-].[Mg+2].[Mg+2]. The predicted molar refractivity (Wildman–Crippen MR) is 53.8 cm³/mol. The number of hydrogen-bond acceptors (Lipinski definition) is 4. The summed E-state index contributed by atoms with van der Waals surface area (Å²) >= 11 is 0. The van der Waals surface area contributed by atoms with Gasteiger partial charge in [-0.05, 0) is 6.42 Å². The van der Waals surface area contributed by atoms with Crippen molar-refractivity contribution in [1.29, 1.82) is 0 Å². The van der Waals surface area contributed by atoms with E-state index < -0.39 is 24.5 Å². The second-order valence-corrected chi connectivity index (χ2v) is 2.25. The van der Waals surface area contributed by atoms with Gasteiger partial charge in [-0.15, -0.1) is 0 Å². The molecule has 0 fully saturated rings. The molecule has 6 nitrogen and oxygen atoms in total. The van der Waals surface area contributed by atoms with Gasteiger partial charge in [0, 0.05) is 0 Å². The van der Waals surface area contributed by atoms with Crippen LogP contribution in [0.1, 0.15) is 19.1 Å². The molecule has 0 aromatic rings. The third-order valence-electron chi connectivity index (χ3n) is 1.33. The zero-order chi connectivity index (χ0) is 9.72. The van der Waals surface area contributed by atoms with Crippen molar-refractivity contribution in [2.75, 3.05) is 6.54 Å². The number of carboxylic acids is 2. The van der Waals surface area contributed by atoms with E-state index in [4.69, 9.17) is 15.4 Å².